The van der Waals surface area contributed by atoms with Crippen LogP contribution in [-0.2, 0) is 9.09 Å². The molecule has 0 amide bonds. The van der Waals surface area contributed by atoms with Crippen molar-refractivity contribution in [1.82, 2.24) is 0 Å². The molecule has 0 heterocycles. The topological polar surface area (TPSA) is 66.8 Å². The minimum atomic E-state index is -3.01. The average molecular weight is 379 g/mol. The van der Waals surface area contributed by atoms with Crippen LogP contribution in [0.15, 0.2) is 0 Å². The van der Waals surface area contributed by atoms with Gasteiger partial charge in [-0.2, -0.15) is 0 Å². The number of unbranched alkanes of at least 4 members (excludes halogenated alkanes) is 16. The second kappa shape index (κ2) is 20.4. The highest BCUT2D eigenvalue weighted by Crippen LogP contribution is 2.20. The SMILES string of the molecule is CCCCCCCCCCCCCCCCCCCC(O)O[PH](=O)O. The van der Waals surface area contributed by atoms with Crippen molar-refractivity contribution in [2.75, 3.05) is 0 Å². The summed E-state index contributed by atoms with van der Waals surface area (Å²) in [4.78, 5) is 8.53. The summed E-state index contributed by atoms with van der Waals surface area (Å²) in [5, 5.41) is 9.29. The molecule has 0 bridgehead atoms. The summed E-state index contributed by atoms with van der Waals surface area (Å²) in [6, 6.07) is 0. The van der Waals surface area contributed by atoms with Crippen molar-refractivity contribution >= 4 is 8.25 Å². The van der Waals surface area contributed by atoms with E-state index in [1.54, 1.807) is 0 Å². The van der Waals surface area contributed by atoms with Crippen LogP contribution in [0.4, 0.5) is 0 Å². The van der Waals surface area contributed by atoms with Crippen molar-refractivity contribution < 1.29 is 19.1 Å². The molecule has 0 radical (unpaired) electrons. The first-order chi connectivity index (χ1) is 12.2. The average Bonchev–Trinajstić information content (AvgIpc) is 2.57. The zero-order valence-corrected chi connectivity index (χ0v) is 17.5. The van der Waals surface area contributed by atoms with Crippen LogP contribution in [0.3, 0.4) is 0 Å². The summed E-state index contributed by atoms with van der Waals surface area (Å²) in [5.74, 6) is 0. The fraction of sp³-hybridized carbons (Fsp3) is 1.00. The molecule has 0 spiro atoms. The molecule has 0 aliphatic rings. The fourth-order valence-corrected chi connectivity index (χ4v) is 3.57. The number of aliphatic hydroxyl groups is 1. The van der Waals surface area contributed by atoms with Crippen LogP contribution in [0.2, 0.25) is 0 Å². The summed E-state index contributed by atoms with van der Waals surface area (Å²) < 4.78 is 14.8. The summed E-state index contributed by atoms with van der Waals surface area (Å²) in [5.41, 5.74) is 0. The van der Waals surface area contributed by atoms with Crippen molar-refractivity contribution in [3.8, 4) is 0 Å². The summed E-state index contributed by atoms with van der Waals surface area (Å²) >= 11 is 0. The van der Waals surface area contributed by atoms with Gasteiger partial charge in [-0.25, -0.2) is 0 Å². The lowest BCUT2D eigenvalue weighted by atomic mass is 10.0. The molecule has 0 aromatic carbocycles. The zero-order valence-electron chi connectivity index (χ0n) is 16.5. The normalized spacial score (nSPS) is 13.9. The molecule has 2 N–H and O–H groups in total. The minimum Gasteiger partial charge on any atom is -0.368 e. The Balaban J connectivity index is 3.06. The van der Waals surface area contributed by atoms with Gasteiger partial charge >= 0.3 is 8.25 Å². The molecule has 0 fully saturated rings. The van der Waals surface area contributed by atoms with E-state index in [0.29, 0.717) is 6.42 Å². The summed E-state index contributed by atoms with van der Waals surface area (Å²) in [7, 11) is -3.01. The number of rotatable bonds is 20. The van der Waals surface area contributed by atoms with Gasteiger partial charge in [-0.05, 0) is 12.8 Å². The maximum atomic E-state index is 10.4. The highest BCUT2D eigenvalue weighted by molar-refractivity contribution is 7.32. The zero-order chi connectivity index (χ0) is 18.6. The van der Waals surface area contributed by atoms with Crippen LogP contribution in [0.1, 0.15) is 122 Å². The fourth-order valence-electron chi connectivity index (χ4n) is 3.22. The van der Waals surface area contributed by atoms with Crippen LogP contribution in [0, 0.1) is 0 Å². The van der Waals surface area contributed by atoms with Gasteiger partial charge < -0.3 is 10.00 Å². The first kappa shape index (κ1) is 25.1. The van der Waals surface area contributed by atoms with Crippen molar-refractivity contribution in [2.45, 2.75) is 129 Å². The smallest absolute Gasteiger partial charge is 0.318 e. The Morgan fingerprint density at radius 2 is 1.00 bits per heavy atom. The van der Waals surface area contributed by atoms with E-state index in [1.807, 2.05) is 0 Å². The van der Waals surface area contributed by atoms with Gasteiger partial charge in [-0.3, -0.25) is 9.09 Å². The molecule has 2 unspecified atom stereocenters. The molecule has 25 heavy (non-hydrogen) atoms. The molecular weight excluding hydrogens is 335 g/mol. The molecule has 4 nitrogen and oxygen atoms in total. The van der Waals surface area contributed by atoms with Gasteiger partial charge in [0.15, 0.2) is 6.29 Å². The van der Waals surface area contributed by atoms with E-state index in [4.69, 9.17) is 4.89 Å². The van der Waals surface area contributed by atoms with Crippen molar-refractivity contribution in [2.24, 2.45) is 0 Å². The molecule has 0 rings (SSSR count). The molecule has 152 valence electrons. The Bertz CT molecular complexity index is 287. The number of aliphatic hydroxyl groups excluding tert-OH is 1. The van der Waals surface area contributed by atoms with Crippen LogP contribution in [0.5, 0.6) is 0 Å². The quantitative estimate of drug-likeness (QED) is 0.140. The lowest BCUT2D eigenvalue weighted by Crippen LogP contribution is -2.06. The first-order valence-corrected chi connectivity index (χ1v) is 12.0. The molecule has 0 aromatic rings. The maximum absolute atomic E-state index is 10.4. The van der Waals surface area contributed by atoms with Gasteiger partial charge in [0.1, 0.15) is 0 Å². The molecular formula is C20H43O4P. The number of hydrogen-bond donors (Lipinski definition) is 2. The van der Waals surface area contributed by atoms with E-state index < -0.39 is 14.5 Å². The number of hydrogen-bond acceptors (Lipinski definition) is 3. The molecule has 0 aromatic heterocycles. The molecule has 0 aliphatic carbocycles. The molecule has 0 saturated heterocycles. The van der Waals surface area contributed by atoms with Crippen LogP contribution in [0.25, 0.3) is 0 Å². The van der Waals surface area contributed by atoms with Crippen LogP contribution >= 0.6 is 8.25 Å². The van der Waals surface area contributed by atoms with Crippen LogP contribution in [-0.4, -0.2) is 16.3 Å². The molecule has 0 saturated carbocycles. The summed E-state index contributed by atoms with van der Waals surface area (Å²) in [6.45, 7) is 2.27. The van der Waals surface area contributed by atoms with Crippen LogP contribution < -0.4 is 0 Å². The Morgan fingerprint density at radius 3 is 1.32 bits per heavy atom. The third-order valence-corrected chi connectivity index (χ3v) is 5.27. The van der Waals surface area contributed by atoms with E-state index in [1.165, 1.54) is 96.3 Å². The third-order valence-electron chi connectivity index (χ3n) is 4.79. The third kappa shape index (κ3) is 22.1. The van der Waals surface area contributed by atoms with Gasteiger partial charge in [0.25, 0.3) is 0 Å². The Kier molecular flexibility index (Phi) is 20.5. The molecule has 5 heteroatoms. The van der Waals surface area contributed by atoms with Crippen molar-refractivity contribution in [1.29, 1.82) is 0 Å². The van der Waals surface area contributed by atoms with E-state index in [2.05, 4.69) is 11.4 Å². The lowest BCUT2D eigenvalue weighted by Gasteiger charge is -2.08. The van der Waals surface area contributed by atoms with E-state index >= 15 is 0 Å². The first-order valence-electron chi connectivity index (χ1n) is 10.7. The maximum Gasteiger partial charge on any atom is 0.318 e. The predicted octanol–water partition coefficient (Wildman–Crippen LogP) is 6.75. The van der Waals surface area contributed by atoms with Gasteiger partial charge in [0, 0.05) is 0 Å². The predicted molar refractivity (Wildman–Crippen MR) is 107 cm³/mol. The standard InChI is InChI=1S/C20H43O4P/c1-2-3-4-5-6-7-8-9-10-11-12-13-14-15-16-17-18-19-20(21)24-25(22)23/h20-21,25H,2-19H2,1H3,(H,22,23). The highest BCUT2D eigenvalue weighted by atomic mass is 31.1. The van der Waals surface area contributed by atoms with Gasteiger partial charge in [0.05, 0.1) is 0 Å². The minimum absolute atomic E-state index is 0.454. The summed E-state index contributed by atoms with van der Waals surface area (Å²) in [6.07, 6.45) is 21.8. The second-order valence-electron chi connectivity index (χ2n) is 7.28. The molecule has 2 atom stereocenters. The Morgan fingerprint density at radius 1 is 0.680 bits per heavy atom. The monoisotopic (exact) mass is 378 g/mol. The van der Waals surface area contributed by atoms with Crippen molar-refractivity contribution in [3.05, 3.63) is 0 Å². The van der Waals surface area contributed by atoms with Gasteiger partial charge in [-0.1, -0.05) is 110 Å². The van der Waals surface area contributed by atoms with E-state index in [-0.39, 0.29) is 0 Å². The largest absolute Gasteiger partial charge is 0.368 e. The van der Waals surface area contributed by atoms with Gasteiger partial charge in [-0.15, -0.1) is 0 Å². The lowest BCUT2D eigenvalue weighted by molar-refractivity contribution is -0.0257. The van der Waals surface area contributed by atoms with E-state index in [9.17, 15) is 9.67 Å². The van der Waals surface area contributed by atoms with Gasteiger partial charge in [0.2, 0.25) is 0 Å². The van der Waals surface area contributed by atoms with E-state index in [0.717, 1.165) is 12.8 Å². The Labute approximate surface area is 156 Å². The molecule has 0 aliphatic heterocycles. The van der Waals surface area contributed by atoms with Crippen molar-refractivity contribution in [3.63, 3.8) is 0 Å². The highest BCUT2D eigenvalue weighted by Gasteiger charge is 2.06. The Hall–Kier alpha value is 0.110. The second-order valence-corrected chi connectivity index (χ2v) is 8.05.